The predicted molar refractivity (Wildman–Crippen MR) is 97.9 cm³/mol. The van der Waals surface area contributed by atoms with Gasteiger partial charge in [-0.1, -0.05) is 0 Å². The minimum atomic E-state index is -3.07. The van der Waals surface area contributed by atoms with Gasteiger partial charge in [0.25, 0.3) is 0 Å². The van der Waals surface area contributed by atoms with Crippen molar-refractivity contribution in [3.8, 4) is 0 Å². The first-order valence-corrected chi connectivity index (χ1v) is 9.42. The number of carbonyl (C=O) groups excluding carboxylic acids is 2. The number of ether oxygens (including phenoxy) is 1. The van der Waals surface area contributed by atoms with E-state index in [1.807, 2.05) is 0 Å². The van der Waals surface area contributed by atoms with Crippen LogP contribution in [0.3, 0.4) is 0 Å². The molecule has 0 aromatic heterocycles. The molecule has 14 nitrogen and oxygen atoms in total. The van der Waals surface area contributed by atoms with Gasteiger partial charge in [-0.05, 0) is 0 Å². The van der Waals surface area contributed by atoms with E-state index in [2.05, 4.69) is 5.32 Å². The van der Waals surface area contributed by atoms with E-state index in [9.17, 15) is 45.3 Å². The second kappa shape index (κ2) is 11.0. The molecule has 1 aliphatic heterocycles. The number of ketones is 1. The van der Waals surface area contributed by atoms with Crippen molar-refractivity contribution in [2.24, 2.45) is 0 Å². The summed E-state index contributed by atoms with van der Waals surface area (Å²) in [4.78, 5) is 23.6. The summed E-state index contributed by atoms with van der Waals surface area (Å²) >= 11 is 0. The average molecular weight is 457 g/mol. The smallest absolute Gasteiger partial charge is 0.217 e. The van der Waals surface area contributed by atoms with Crippen LogP contribution in [0.1, 0.15) is 19.8 Å². The van der Waals surface area contributed by atoms with Gasteiger partial charge in [0.1, 0.15) is 37.1 Å². The Morgan fingerprint density at radius 1 is 1.13 bits per heavy atom. The Kier molecular flexibility index (Phi) is 9.86. The fraction of sp³-hybridized carbons (Fsp3) is 0.882. The summed E-state index contributed by atoms with van der Waals surface area (Å²) in [5.74, 6) is -4.84. The molecule has 0 spiro atoms. The van der Waals surface area contributed by atoms with Crippen molar-refractivity contribution >= 4 is 11.7 Å². The van der Waals surface area contributed by atoms with Crippen LogP contribution in [0.4, 0.5) is 0 Å². The van der Waals surface area contributed by atoms with Crippen molar-refractivity contribution in [2.75, 3.05) is 19.8 Å². The highest BCUT2D eigenvalue weighted by atomic mass is 16.6. The fourth-order valence-corrected chi connectivity index (χ4v) is 3.53. The minimum absolute atomic E-state index is 0.678. The lowest BCUT2D eigenvalue weighted by Crippen LogP contribution is -2.68. The van der Waals surface area contributed by atoms with E-state index in [0.717, 1.165) is 6.92 Å². The fourth-order valence-electron chi connectivity index (χ4n) is 3.53. The van der Waals surface area contributed by atoms with Crippen molar-refractivity contribution in [1.82, 2.24) is 5.32 Å². The lowest BCUT2D eigenvalue weighted by Gasteiger charge is -2.49. The zero-order chi connectivity index (χ0) is 24.1. The van der Waals surface area contributed by atoms with E-state index >= 15 is 0 Å². The average Bonchev–Trinajstić information content (AvgIpc) is 2.71. The Bertz CT molecular complexity index is 621. The largest absolute Gasteiger partial charge is 0.394 e. The van der Waals surface area contributed by atoms with E-state index in [1.54, 1.807) is 0 Å². The number of aliphatic hydroxyl groups is 10. The topological polar surface area (TPSA) is 258 Å². The molecule has 9 atom stereocenters. The van der Waals surface area contributed by atoms with E-state index in [4.69, 9.17) is 20.1 Å². The van der Waals surface area contributed by atoms with Gasteiger partial charge in [0.05, 0.1) is 25.4 Å². The molecular weight excluding hydrogens is 426 g/mol. The molecule has 1 rings (SSSR count). The maximum Gasteiger partial charge on any atom is 0.217 e. The predicted octanol–water partition coefficient (Wildman–Crippen LogP) is -6.56. The summed E-state index contributed by atoms with van der Waals surface area (Å²) in [6, 6.07) is -1.40. The molecular formula is C17H31NO13. The Balaban J connectivity index is 3.33. The molecule has 0 radical (unpaired) electrons. The molecule has 0 aromatic rings. The Morgan fingerprint density at radius 2 is 1.68 bits per heavy atom. The second-order valence-corrected chi connectivity index (χ2v) is 7.64. The number of carbonyl (C=O) groups is 2. The van der Waals surface area contributed by atoms with Gasteiger partial charge in [-0.15, -0.1) is 0 Å². The highest BCUT2D eigenvalue weighted by Crippen LogP contribution is 2.37. The van der Waals surface area contributed by atoms with Crippen molar-refractivity contribution in [1.29, 1.82) is 0 Å². The van der Waals surface area contributed by atoms with Gasteiger partial charge in [-0.3, -0.25) is 9.59 Å². The van der Waals surface area contributed by atoms with Crippen LogP contribution in [0.5, 0.6) is 0 Å². The van der Waals surface area contributed by atoms with Crippen LogP contribution in [-0.2, 0) is 14.3 Å². The molecule has 1 aliphatic rings. The molecule has 1 heterocycles. The molecule has 0 aliphatic carbocycles. The summed E-state index contributed by atoms with van der Waals surface area (Å²) in [5, 5.41) is 101. The summed E-state index contributed by atoms with van der Waals surface area (Å²) < 4.78 is 5.31. The number of aliphatic hydroxyl groups excluding tert-OH is 8. The zero-order valence-electron chi connectivity index (χ0n) is 16.8. The maximum absolute atomic E-state index is 12.1. The van der Waals surface area contributed by atoms with Crippen LogP contribution in [0.2, 0.25) is 0 Å². The van der Waals surface area contributed by atoms with Crippen molar-refractivity contribution in [3.63, 3.8) is 0 Å². The van der Waals surface area contributed by atoms with Gasteiger partial charge in [-0.25, -0.2) is 0 Å². The molecule has 0 unspecified atom stereocenters. The first-order valence-electron chi connectivity index (χ1n) is 9.42. The first kappa shape index (κ1) is 27.7. The number of hydrogen-bond acceptors (Lipinski definition) is 13. The van der Waals surface area contributed by atoms with Crippen molar-refractivity contribution < 1.29 is 65.4 Å². The number of Topliss-reactive ketones (excluding diaryl/α,β-unsaturated/α-hetero) is 1. The number of amides is 1. The standard InChI is InChI=1S/C17H31NO13/c1-7(22)18-12-8(23)2-16(29,31-14(12)13(27)9(24)3-19)6-17(30,11(26)5-21)15(28)10(25)4-20/h8-10,12-15,19-21,23-25,27-30H,2-6H2,1H3,(H,18,22)/t8-,9+,10+,12+,13+,14+,15-,16-,17+/m0/s1. The van der Waals surface area contributed by atoms with Crippen LogP contribution in [0.25, 0.3) is 0 Å². The van der Waals surface area contributed by atoms with E-state index in [1.165, 1.54) is 0 Å². The zero-order valence-corrected chi connectivity index (χ0v) is 16.8. The second-order valence-electron chi connectivity index (χ2n) is 7.64. The highest BCUT2D eigenvalue weighted by Gasteiger charge is 2.56. The quantitative estimate of drug-likeness (QED) is 0.138. The molecule has 182 valence electrons. The molecule has 11 N–H and O–H groups in total. The van der Waals surface area contributed by atoms with Crippen molar-refractivity contribution in [2.45, 2.75) is 73.8 Å². The Morgan fingerprint density at radius 3 is 2.13 bits per heavy atom. The number of nitrogens with one attached hydrogen (secondary N) is 1. The van der Waals surface area contributed by atoms with Gasteiger partial charge >= 0.3 is 0 Å². The van der Waals surface area contributed by atoms with E-state index in [0.29, 0.717) is 0 Å². The summed E-state index contributed by atoms with van der Waals surface area (Å²) in [6.07, 6.45) is -13.8. The first-order chi connectivity index (χ1) is 14.3. The molecule has 1 fully saturated rings. The third-order valence-corrected chi connectivity index (χ3v) is 5.15. The minimum Gasteiger partial charge on any atom is -0.394 e. The molecule has 0 aromatic carbocycles. The molecule has 0 bridgehead atoms. The molecule has 1 saturated heterocycles. The van der Waals surface area contributed by atoms with Gasteiger partial charge < -0.3 is 61.1 Å². The van der Waals surface area contributed by atoms with Gasteiger partial charge in [0.2, 0.25) is 5.91 Å². The summed E-state index contributed by atoms with van der Waals surface area (Å²) in [7, 11) is 0. The summed E-state index contributed by atoms with van der Waals surface area (Å²) in [6.45, 7) is -2.33. The van der Waals surface area contributed by atoms with E-state index in [-0.39, 0.29) is 0 Å². The van der Waals surface area contributed by atoms with Crippen LogP contribution in [0.15, 0.2) is 0 Å². The van der Waals surface area contributed by atoms with Crippen LogP contribution < -0.4 is 5.32 Å². The van der Waals surface area contributed by atoms with Crippen molar-refractivity contribution in [3.05, 3.63) is 0 Å². The lowest BCUT2D eigenvalue weighted by molar-refractivity contribution is -0.319. The molecule has 14 heteroatoms. The number of hydrogen-bond donors (Lipinski definition) is 11. The maximum atomic E-state index is 12.1. The van der Waals surface area contributed by atoms with Gasteiger partial charge in [0.15, 0.2) is 17.2 Å². The Hall–Kier alpha value is -1.30. The SMILES string of the molecule is CC(=O)N[C@H]1[C@H]([C@H](O)[C@H](O)CO)O[C@](O)(C[C@@](O)(C(=O)CO)[C@@H](O)[C@H](O)CO)C[C@@H]1O. The Labute approximate surface area is 177 Å². The molecule has 1 amide bonds. The molecule has 31 heavy (non-hydrogen) atoms. The monoisotopic (exact) mass is 457 g/mol. The van der Waals surface area contributed by atoms with Gasteiger partial charge in [0, 0.05) is 19.8 Å². The lowest BCUT2D eigenvalue weighted by atomic mass is 9.78. The third-order valence-electron chi connectivity index (χ3n) is 5.15. The highest BCUT2D eigenvalue weighted by molar-refractivity contribution is 5.88. The third kappa shape index (κ3) is 6.36. The van der Waals surface area contributed by atoms with Crippen LogP contribution in [0, 0.1) is 0 Å². The molecule has 0 saturated carbocycles. The summed E-state index contributed by atoms with van der Waals surface area (Å²) in [5.41, 5.74) is -3.07. The van der Waals surface area contributed by atoms with Gasteiger partial charge in [-0.2, -0.15) is 0 Å². The normalized spacial score (nSPS) is 32.4. The van der Waals surface area contributed by atoms with E-state index < -0.39 is 98.4 Å². The van der Waals surface area contributed by atoms with Crippen LogP contribution in [-0.4, -0.2) is 137 Å². The number of rotatable bonds is 11. The van der Waals surface area contributed by atoms with Crippen LogP contribution >= 0.6 is 0 Å².